The first-order valence-electron chi connectivity index (χ1n) is 6.12. The van der Waals surface area contributed by atoms with Gasteiger partial charge < -0.3 is 11.1 Å². The highest BCUT2D eigenvalue weighted by Crippen LogP contribution is 2.29. The van der Waals surface area contributed by atoms with Gasteiger partial charge in [-0.25, -0.2) is 4.39 Å². The molecule has 2 rings (SSSR count). The zero-order valence-electron chi connectivity index (χ0n) is 11.2. The number of rotatable bonds is 4. The maximum atomic E-state index is 13.3. The first kappa shape index (κ1) is 15.8. The molecule has 0 radical (unpaired) electrons. The minimum Gasteiger partial charge on any atom is -0.368 e. The average Bonchev–Trinajstić information content (AvgIpc) is 2.44. The minimum atomic E-state index is -1.20. The molecule has 0 spiro atoms. The van der Waals surface area contributed by atoms with E-state index in [1.54, 1.807) is 19.1 Å². The molecule has 2 aromatic carbocycles. The van der Waals surface area contributed by atoms with Gasteiger partial charge in [0.1, 0.15) is 11.4 Å². The van der Waals surface area contributed by atoms with E-state index in [0.29, 0.717) is 11.3 Å². The van der Waals surface area contributed by atoms with Crippen LogP contribution in [0.5, 0.6) is 0 Å². The second-order valence-electron chi connectivity index (χ2n) is 4.75. The number of nitrogens with two attached hydrogens (primary N) is 1. The lowest BCUT2D eigenvalue weighted by atomic mass is 9.90. The molecule has 0 aliphatic rings. The van der Waals surface area contributed by atoms with E-state index in [1.807, 2.05) is 12.1 Å². The van der Waals surface area contributed by atoms with Gasteiger partial charge >= 0.3 is 0 Å². The zero-order chi connectivity index (χ0) is 15.6. The summed E-state index contributed by atoms with van der Waals surface area (Å²) in [6.07, 6.45) is 0. The summed E-state index contributed by atoms with van der Waals surface area (Å²) in [5.41, 5.74) is 5.52. The molecule has 1 amide bonds. The van der Waals surface area contributed by atoms with Crippen molar-refractivity contribution in [2.75, 3.05) is 5.32 Å². The number of halogens is 3. The van der Waals surface area contributed by atoms with E-state index in [0.717, 1.165) is 4.47 Å². The smallest absolute Gasteiger partial charge is 0.247 e. The van der Waals surface area contributed by atoms with E-state index >= 15 is 0 Å². The number of hydrogen-bond acceptors (Lipinski definition) is 2. The summed E-state index contributed by atoms with van der Waals surface area (Å²) >= 11 is 9.13. The zero-order valence-corrected chi connectivity index (χ0v) is 13.5. The molecule has 0 fully saturated rings. The maximum absolute atomic E-state index is 13.3. The molecular weight excluding hydrogens is 359 g/mol. The van der Waals surface area contributed by atoms with Crippen molar-refractivity contribution >= 4 is 39.1 Å². The molecule has 0 bridgehead atoms. The van der Waals surface area contributed by atoms with E-state index in [9.17, 15) is 9.18 Å². The molecule has 0 aliphatic carbocycles. The molecule has 1 unspecified atom stereocenters. The number of nitrogens with one attached hydrogen (secondary N) is 1. The van der Waals surface area contributed by atoms with Crippen molar-refractivity contribution in [3.63, 3.8) is 0 Å². The van der Waals surface area contributed by atoms with Gasteiger partial charge in [-0.2, -0.15) is 0 Å². The number of benzene rings is 2. The van der Waals surface area contributed by atoms with Crippen LogP contribution >= 0.6 is 27.5 Å². The summed E-state index contributed by atoms with van der Waals surface area (Å²) in [4.78, 5) is 11.9. The molecule has 0 heterocycles. The van der Waals surface area contributed by atoms with Crippen molar-refractivity contribution in [2.45, 2.75) is 12.5 Å². The number of carbonyl (C=O) groups excluding carboxylic acids is 1. The fourth-order valence-corrected chi connectivity index (χ4v) is 2.35. The number of primary amides is 1. The predicted octanol–water partition coefficient (Wildman–Crippen LogP) is 4.05. The van der Waals surface area contributed by atoms with Crippen molar-refractivity contribution in [3.05, 3.63) is 63.3 Å². The fraction of sp³-hybridized carbons (Fsp3) is 0.133. The largest absolute Gasteiger partial charge is 0.368 e. The Hall–Kier alpha value is -1.59. The molecule has 3 N–H and O–H groups in total. The van der Waals surface area contributed by atoms with E-state index in [1.165, 1.54) is 18.2 Å². The Morgan fingerprint density at radius 2 is 1.90 bits per heavy atom. The van der Waals surface area contributed by atoms with Crippen LogP contribution in [0.25, 0.3) is 0 Å². The third-order valence-electron chi connectivity index (χ3n) is 3.23. The monoisotopic (exact) mass is 370 g/mol. The van der Waals surface area contributed by atoms with E-state index < -0.39 is 17.3 Å². The van der Waals surface area contributed by atoms with Crippen molar-refractivity contribution in [1.82, 2.24) is 0 Å². The Morgan fingerprint density at radius 3 is 2.43 bits per heavy atom. The predicted molar refractivity (Wildman–Crippen MR) is 85.7 cm³/mol. The maximum Gasteiger partial charge on any atom is 0.247 e. The summed E-state index contributed by atoms with van der Waals surface area (Å²) < 4.78 is 14.2. The van der Waals surface area contributed by atoms with Crippen molar-refractivity contribution in [2.24, 2.45) is 5.73 Å². The molecule has 2 aromatic rings. The second kappa shape index (κ2) is 6.03. The molecule has 21 heavy (non-hydrogen) atoms. The highest BCUT2D eigenvalue weighted by molar-refractivity contribution is 9.10. The summed E-state index contributed by atoms with van der Waals surface area (Å²) in [5.74, 6) is -1.14. The summed E-state index contributed by atoms with van der Waals surface area (Å²) in [6, 6.07) is 11.4. The summed E-state index contributed by atoms with van der Waals surface area (Å²) in [5, 5.41) is 3.01. The molecule has 1 atom stereocenters. The van der Waals surface area contributed by atoms with Gasteiger partial charge in [0, 0.05) is 10.2 Å². The molecule has 0 saturated carbocycles. The standard InChI is InChI=1S/C15H13BrClFN2O/c1-15(14(19)21,9-2-7-13(18)12(17)8-9)20-11-5-3-10(16)4-6-11/h2-8,20H,1H3,(H2,19,21). The SMILES string of the molecule is CC(Nc1ccc(Br)cc1)(C(N)=O)c1ccc(F)c(Cl)c1. The van der Waals surface area contributed by atoms with Crippen molar-refractivity contribution in [3.8, 4) is 0 Å². The summed E-state index contributed by atoms with van der Waals surface area (Å²) in [6.45, 7) is 1.63. The van der Waals surface area contributed by atoms with Crippen LogP contribution in [-0.4, -0.2) is 5.91 Å². The third-order valence-corrected chi connectivity index (χ3v) is 4.05. The topological polar surface area (TPSA) is 55.1 Å². The van der Waals surface area contributed by atoms with Crippen molar-refractivity contribution < 1.29 is 9.18 Å². The van der Waals surface area contributed by atoms with Crippen LogP contribution in [0.2, 0.25) is 5.02 Å². The molecule has 0 aliphatic heterocycles. The van der Waals surface area contributed by atoms with Crippen LogP contribution < -0.4 is 11.1 Å². The van der Waals surface area contributed by atoms with E-state index in [4.69, 9.17) is 17.3 Å². The number of amides is 1. The van der Waals surface area contributed by atoms with Crippen LogP contribution in [0.1, 0.15) is 12.5 Å². The Labute approximate surface area is 135 Å². The van der Waals surface area contributed by atoms with Gasteiger partial charge in [0.05, 0.1) is 5.02 Å². The van der Waals surface area contributed by atoms with Gasteiger partial charge in [-0.3, -0.25) is 4.79 Å². The highest BCUT2D eigenvalue weighted by atomic mass is 79.9. The quantitative estimate of drug-likeness (QED) is 0.852. The second-order valence-corrected chi connectivity index (χ2v) is 6.07. The molecule has 110 valence electrons. The molecule has 0 saturated heterocycles. The van der Waals surface area contributed by atoms with Gasteiger partial charge in [0.15, 0.2) is 0 Å². The lowest BCUT2D eigenvalue weighted by molar-refractivity contribution is -0.122. The fourth-order valence-electron chi connectivity index (χ4n) is 1.91. The number of hydrogen-bond donors (Lipinski definition) is 2. The van der Waals surface area contributed by atoms with Gasteiger partial charge in [0.2, 0.25) is 5.91 Å². The molecule has 6 heteroatoms. The van der Waals surface area contributed by atoms with Gasteiger partial charge in [-0.15, -0.1) is 0 Å². The Balaban J connectivity index is 2.42. The number of anilines is 1. The Kier molecular flexibility index (Phi) is 4.54. The average molecular weight is 372 g/mol. The first-order valence-corrected chi connectivity index (χ1v) is 7.29. The van der Waals surface area contributed by atoms with Gasteiger partial charge in [-0.05, 0) is 48.9 Å². The summed E-state index contributed by atoms with van der Waals surface area (Å²) in [7, 11) is 0. The lowest BCUT2D eigenvalue weighted by Crippen LogP contribution is -2.45. The van der Waals surface area contributed by atoms with Crippen LogP contribution in [-0.2, 0) is 10.3 Å². The minimum absolute atomic E-state index is 0.0578. The van der Waals surface area contributed by atoms with Crippen LogP contribution in [0.3, 0.4) is 0 Å². The molecular formula is C15H13BrClFN2O. The van der Waals surface area contributed by atoms with Crippen LogP contribution in [0.4, 0.5) is 10.1 Å². The van der Waals surface area contributed by atoms with Crippen molar-refractivity contribution in [1.29, 1.82) is 0 Å². The molecule has 3 nitrogen and oxygen atoms in total. The first-order chi connectivity index (χ1) is 9.83. The van der Waals surface area contributed by atoms with Gasteiger partial charge in [-0.1, -0.05) is 33.6 Å². The third kappa shape index (κ3) is 3.36. The van der Waals surface area contributed by atoms with Crippen LogP contribution in [0, 0.1) is 5.82 Å². The Bertz CT molecular complexity index is 678. The lowest BCUT2D eigenvalue weighted by Gasteiger charge is -2.29. The highest BCUT2D eigenvalue weighted by Gasteiger charge is 2.33. The van der Waals surface area contributed by atoms with Gasteiger partial charge in [0.25, 0.3) is 0 Å². The van der Waals surface area contributed by atoms with Crippen LogP contribution in [0.15, 0.2) is 46.9 Å². The van der Waals surface area contributed by atoms with E-state index in [-0.39, 0.29) is 5.02 Å². The normalized spacial score (nSPS) is 13.5. The Morgan fingerprint density at radius 1 is 1.29 bits per heavy atom. The molecule has 0 aromatic heterocycles. The number of carbonyl (C=O) groups is 1. The van der Waals surface area contributed by atoms with E-state index in [2.05, 4.69) is 21.2 Å².